The average Bonchev–Trinajstić information content (AvgIpc) is 2.54. The fraction of sp³-hybridized carbons (Fsp3) is 0.368. The maximum Gasteiger partial charge on any atom is 0.115 e. The van der Waals surface area contributed by atoms with Gasteiger partial charge in [-0.3, -0.25) is 0 Å². The number of ether oxygens (including phenoxy) is 1. The molecular weight excluding hydrogens is 244 g/mol. The third kappa shape index (κ3) is 2.78. The zero-order valence-electron chi connectivity index (χ0n) is 12.9. The third-order valence-electron chi connectivity index (χ3n) is 4.38. The first kappa shape index (κ1) is 14.8. The maximum absolute atomic E-state index is 5.84. The van der Waals surface area contributed by atoms with Crippen LogP contribution in [-0.4, -0.2) is 7.11 Å². The Hall–Kier alpha value is -1.60. The van der Waals surface area contributed by atoms with Crippen molar-refractivity contribution in [2.24, 2.45) is 0 Å². The Labute approximate surface area is 122 Å². The Morgan fingerprint density at radius 1 is 0.950 bits per heavy atom. The van der Waals surface area contributed by atoms with Gasteiger partial charge in [0, 0.05) is 7.11 Å². The van der Waals surface area contributed by atoms with Crippen LogP contribution < -0.4 is 0 Å². The Morgan fingerprint density at radius 3 is 2.00 bits per heavy atom. The molecule has 2 atom stereocenters. The molecule has 20 heavy (non-hydrogen) atoms. The van der Waals surface area contributed by atoms with Gasteiger partial charge < -0.3 is 4.74 Å². The predicted molar refractivity (Wildman–Crippen MR) is 85.1 cm³/mol. The van der Waals surface area contributed by atoms with Gasteiger partial charge >= 0.3 is 0 Å². The minimum atomic E-state index is -0.394. The van der Waals surface area contributed by atoms with E-state index < -0.39 is 5.60 Å². The van der Waals surface area contributed by atoms with Crippen LogP contribution in [0, 0.1) is 0 Å². The quantitative estimate of drug-likeness (QED) is 0.732. The first-order chi connectivity index (χ1) is 9.61. The van der Waals surface area contributed by atoms with Gasteiger partial charge in [-0.25, -0.2) is 0 Å². The van der Waals surface area contributed by atoms with Crippen LogP contribution in [0.5, 0.6) is 0 Å². The molecule has 2 aromatic carbocycles. The SMILES string of the molecule is CCC(C)c1ccc(C(C)(OC)c2ccccc2)cc1. The molecule has 0 amide bonds. The van der Waals surface area contributed by atoms with Crippen LogP contribution in [0.25, 0.3) is 0 Å². The first-order valence-electron chi connectivity index (χ1n) is 7.33. The van der Waals surface area contributed by atoms with Crippen LogP contribution in [0.4, 0.5) is 0 Å². The summed E-state index contributed by atoms with van der Waals surface area (Å²) in [5.74, 6) is 0.606. The van der Waals surface area contributed by atoms with Gasteiger partial charge in [0.2, 0.25) is 0 Å². The van der Waals surface area contributed by atoms with Crippen molar-refractivity contribution in [3.05, 3.63) is 71.3 Å². The molecule has 0 aliphatic rings. The lowest BCUT2D eigenvalue weighted by atomic mass is 9.86. The fourth-order valence-corrected chi connectivity index (χ4v) is 2.52. The molecule has 0 aliphatic carbocycles. The summed E-state index contributed by atoms with van der Waals surface area (Å²) in [5, 5.41) is 0. The molecule has 0 heterocycles. The summed E-state index contributed by atoms with van der Waals surface area (Å²) in [6, 6.07) is 19.2. The molecule has 2 aromatic rings. The molecule has 1 heteroatoms. The van der Waals surface area contributed by atoms with Crippen molar-refractivity contribution in [2.45, 2.75) is 38.7 Å². The first-order valence-corrected chi connectivity index (χ1v) is 7.33. The smallest absolute Gasteiger partial charge is 0.115 e. The van der Waals surface area contributed by atoms with E-state index in [0.29, 0.717) is 5.92 Å². The predicted octanol–water partition coefficient (Wildman–Crippen LogP) is 5.11. The van der Waals surface area contributed by atoms with Gasteiger partial charge in [-0.05, 0) is 36.0 Å². The van der Waals surface area contributed by atoms with E-state index in [-0.39, 0.29) is 0 Å². The molecule has 2 rings (SSSR count). The average molecular weight is 268 g/mol. The summed E-state index contributed by atoms with van der Waals surface area (Å²) in [7, 11) is 1.77. The second-order valence-corrected chi connectivity index (χ2v) is 5.53. The Bertz CT molecular complexity index is 529. The van der Waals surface area contributed by atoms with Gasteiger partial charge in [0.15, 0.2) is 0 Å². The summed E-state index contributed by atoms with van der Waals surface area (Å²) < 4.78 is 5.84. The lowest BCUT2D eigenvalue weighted by Crippen LogP contribution is -2.25. The summed E-state index contributed by atoms with van der Waals surface area (Å²) in [4.78, 5) is 0. The minimum Gasteiger partial charge on any atom is -0.369 e. The van der Waals surface area contributed by atoms with Crippen molar-refractivity contribution in [1.29, 1.82) is 0 Å². The molecular formula is C19H24O. The molecule has 2 unspecified atom stereocenters. The highest BCUT2D eigenvalue weighted by molar-refractivity contribution is 5.37. The van der Waals surface area contributed by atoms with Crippen LogP contribution in [0.15, 0.2) is 54.6 Å². The Balaban J connectivity index is 2.37. The van der Waals surface area contributed by atoms with E-state index in [0.717, 1.165) is 0 Å². The molecule has 106 valence electrons. The van der Waals surface area contributed by atoms with E-state index in [1.165, 1.54) is 23.1 Å². The third-order valence-corrected chi connectivity index (χ3v) is 4.38. The molecule has 0 fully saturated rings. The van der Waals surface area contributed by atoms with E-state index in [9.17, 15) is 0 Å². The standard InChI is InChI=1S/C19H24O/c1-5-15(2)16-11-13-18(14-12-16)19(3,20-4)17-9-7-6-8-10-17/h6-15H,5H2,1-4H3. The van der Waals surface area contributed by atoms with E-state index >= 15 is 0 Å². The summed E-state index contributed by atoms with van der Waals surface area (Å²) in [6.45, 7) is 6.62. The molecule has 0 spiro atoms. The zero-order chi connectivity index (χ0) is 14.6. The van der Waals surface area contributed by atoms with Crippen LogP contribution in [0.3, 0.4) is 0 Å². The van der Waals surface area contributed by atoms with Gasteiger partial charge in [0.05, 0.1) is 0 Å². The lowest BCUT2D eigenvalue weighted by Gasteiger charge is -2.29. The van der Waals surface area contributed by atoms with Gasteiger partial charge in [0.1, 0.15) is 5.60 Å². The largest absolute Gasteiger partial charge is 0.369 e. The summed E-state index contributed by atoms with van der Waals surface area (Å²) in [5.41, 5.74) is 3.37. The van der Waals surface area contributed by atoms with Gasteiger partial charge in [-0.15, -0.1) is 0 Å². The molecule has 0 bridgehead atoms. The number of methoxy groups -OCH3 is 1. The number of hydrogen-bond donors (Lipinski definition) is 0. The van der Waals surface area contributed by atoms with E-state index in [4.69, 9.17) is 4.74 Å². The topological polar surface area (TPSA) is 9.23 Å². The Kier molecular flexibility index (Phi) is 4.61. The van der Waals surface area contributed by atoms with Crippen LogP contribution in [0.1, 0.15) is 49.8 Å². The Morgan fingerprint density at radius 2 is 1.50 bits per heavy atom. The van der Waals surface area contributed by atoms with Crippen molar-refractivity contribution in [2.75, 3.05) is 7.11 Å². The van der Waals surface area contributed by atoms with Crippen LogP contribution in [-0.2, 0) is 10.3 Å². The molecule has 0 N–H and O–H groups in total. The fourth-order valence-electron chi connectivity index (χ4n) is 2.52. The summed E-state index contributed by atoms with van der Waals surface area (Å²) in [6.07, 6.45) is 1.17. The molecule has 0 saturated carbocycles. The summed E-state index contributed by atoms with van der Waals surface area (Å²) >= 11 is 0. The minimum absolute atomic E-state index is 0.394. The normalized spacial score (nSPS) is 15.6. The highest BCUT2D eigenvalue weighted by Crippen LogP contribution is 2.33. The van der Waals surface area contributed by atoms with E-state index in [1.54, 1.807) is 7.11 Å². The highest BCUT2D eigenvalue weighted by Gasteiger charge is 2.28. The lowest BCUT2D eigenvalue weighted by molar-refractivity contribution is 0.0391. The molecule has 0 aliphatic heterocycles. The molecule has 0 radical (unpaired) electrons. The van der Waals surface area contributed by atoms with Crippen molar-refractivity contribution in [1.82, 2.24) is 0 Å². The molecule has 0 saturated heterocycles. The number of hydrogen-bond acceptors (Lipinski definition) is 1. The van der Waals surface area contributed by atoms with Crippen molar-refractivity contribution in [3.63, 3.8) is 0 Å². The molecule has 0 aromatic heterocycles. The van der Waals surface area contributed by atoms with Crippen molar-refractivity contribution in [3.8, 4) is 0 Å². The second kappa shape index (κ2) is 6.23. The number of rotatable bonds is 5. The van der Waals surface area contributed by atoms with Gasteiger partial charge in [0.25, 0.3) is 0 Å². The molecule has 1 nitrogen and oxygen atoms in total. The zero-order valence-corrected chi connectivity index (χ0v) is 12.9. The van der Waals surface area contributed by atoms with Crippen LogP contribution >= 0.6 is 0 Å². The number of benzene rings is 2. The van der Waals surface area contributed by atoms with Crippen molar-refractivity contribution >= 4 is 0 Å². The second-order valence-electron chi connectivity index (χ2n) is 5.53. The van der Waals surface area contributed by atoms with E-state index in [1.807, 2.05) is 6.07 Å². The van der Waals surface area contributed by atoms with Crippen LogP contribution in [0.2, 0.25) is 0 Å². The van der Waals surface area contributed by atoms with Gasteiger partial charge in [-0.1, -0.05) is 68.4 Å². The highest BCUT2D eigenvalue weighted by atomic mass is 16.5. The van der Waals surface area contributed by atoms with E-state index in [2.05, 4.69) is 69.3 Å². The monoisotopic (exact) mass is 268 g/mol. The van der Waals surface area contributed by atoms with Gasteiger partial charge in [-0.2, -0.15) is 0 Å². The van der Waals surface area contributed by atoms with Crippen molar-refractivity contribution < 1.29 is 4.74 Å². The maximum atomic E-state index is 5.84.